The van der Waals surface area contributed by atoms with E-state index in [-0.39, 0.29) is 30.7 Å². The van der Waals surface area contributed by atoms with Gasteiger partial charge >= 0.3 is 0 Å². The van der Waals surface area contributed by atoms with Gasteiger partial charge in [0.15, 0.2) is 0 Å². The van der Waals surface area contributed by atoms with Crippen molar-refractivity contribution in [1.82, 2.24) is 15.5 Å². The van der Waals surface area contributed by atoms with Gasteiger partial charge in [-0.1, -0.05) is 30.3 Å². The molecule has 1 aliphatic carbocycles. The summed E-state index contributed by atoms with van der Waals surface area (Å²) in [6.45, 7) is 5.23. The third-order valence-corrected chi connectivity index (χ3v) is 5.97. The van der Waals surface area contributed by atoms with Crippen LogP contribution in [0.4, 0.5) is 0 Å². The number of hydrogen-bond acceptors (Lipinski definition) is 3. The largest absolute Gasteiger partial charge is 0.352 e. The van der Waals surface area contributed by atoms with E-state index in [0.717, 1.165) is 45.6 Å². The van der Waals surface area contributed by atoms with Crippen LogP contribution in [-0.2, 0) is 11.3 Å². The van der Waals surface area contributed by atoms with Gasteiger partial charge in [0.2, 0.25) is 5.91 Å². The monoisotopic (exact) mass is 385 g/mol. The Morgan fingerprint density at radius 2 is 1.92 bits per heavy atom. The molecule has 25 heavy (non-hydrogen) atoms. The number of nitrogens with one attached hydrogen (secondary N) is 2. The summed E-state index contributed by atoms with van der Waals surface area (Å²) < 4.78 is 0. The fourth-order valence-corrected chi connectivity index (χ4v) is 4.43. The first-order chi connectivity index (χ1) is 11.3. The van der Waals surface area contributed by atoms with E-state index in [2.05, 4.69) is 45.9 Å². The minimum absolute atomic E-state index is 0. The van der Waals surface area contributed by atoms with E-state index in [1.54, 1.807) is 0 Å². The van der Waals surface area contributed by atoms with E-state index in [4.69, 9.17) is 0 Å². The lowest BCUT2D eigenvalue weighted by Crippen LogP contribution is -2.40. The molecule has 1 amide bonds. The summed E-state index contributed by atoms with van der Waals surface area (Å²) in [5.74, 6) is 0.603. The molecule has 3 aliphatic rings. The minimum atomic E-state index is 0. The Labute approximate surface area is 162 Å². The van der Waals surface area contributed by atoms with Crippen LogP contribution >= 0.6 is 24.8 Å². The van der Waals surface area contributed by atoms with Gasteiger partial charge in [-0.2, -0.15) is 0 Å². The van der Waals surface area contributed by atoms with Gasteiger partial charge in [-0.05, 0) is 49.8 Å². The highest BCUT2D eigenvalue weighted by Crippen LogP contribution is 2.58. The fraction of sp³-hybridized carbons (Fsp3) is 0.632. The number of nitrogens with zero attached hydrogens (tertiary/aromatic N) is 1. The summed E-state index contributed by atoms with van der Waals surface area (Å²) >= 11 is 0. The maximum absolute atomic E-state index is 12.5. The Bertz CT molecular complexity index is 563. The molecule has 6 heteroatoms. The molecular formula is C19H29Cl2N3O. The molecule has 3 fully saturated rings. The molecule has 140 valence electrons. The molecule has 2 N–H and O–H groups in total. The highest BCUT2D eigenvalue weighted by atomic mass is 35.5. The van der Waals surface area contributed by atoms with Crippen molar-refractivity contribution in [1.29, 1.82) is 0 Å². The Morgan fingerprint density at radius 3 is 2.64 bits per heavy atom. The van der Waals surface area contributed by atoms with Crippen molar-refractivity contribution in [3.63, 3.8) is 0 Å². The smallest absolute Gasteiger partial charge is 0.223 e. The minimum Gasteiger partial charge on any atom is -0.352 e. The zero-order chi connectivity index (χ0) is 15.7. The normalized spacial score (nSPS) is 27.2. The average molecular weight is 386 g/mol. The quantitative estimate of drug-likeness (QED) is 0.836. The van der Waals surface area contributed by atoms with Crippen LogP contribution < -0.4 is 10.6 Å². The number of likely N-dealkylation sites (tertiary alicyclic amines) is 1. The first kappa shape index (κ1) is 20.5. The molecule has 1 spiro atoms. The molecule has 1 aromatic carbocycles. The van der Waals surface area contributed by atoms with Crippen LogP contribution in [0, 0.1) is 11.3 Å². The van der Waals surface area contributed by atoms with Crippen LogP contribution in [0.15, 0.2) is 30.3 Å². The van der Waals surface area contributed by atoms with Gasteiger partial charge in [-0.25, -0.2) is 0 Å². The van der Waals surface area contributed by atoms with Crippen LogP contribution in [0.1, 0.15) is 31.2 Å². The van der Waals surface area contributed by atoms with Crippen LogP contribution in [0.2, 0.25) is 0 Å². The van der Waals surface area contributed by atoms with E-state index in [1.165, 1.54) is 18.4 Å². The lowest BCUT2D eigenvalue weighted by Gasteiger charge is -2.23. The van der Waals surface area contributed by atoms with Crippen molar-refractivity contribution >= 4 is 30.7 Å². The van der Waals surface area contributed by atoms with Crippen molar-refractivity contribution in [2.45, 2.75) is 38.3 Å². The molecule has 4 nitrogen and oxygen atoms in total. The number of benzene rings is 1. The third kappa shape index (κ3) is 4.68. The van der Waals surface area contributed by atoms with Crippen LogP contribution in [-0.4, -0.2) is 43.0 Å². The van der Waals surface area contributed by atoms with Crippen LogP contribution in [0.25, 0.3) is 0 Å². The average Bonchev–Trinajstić information content (AvgIpc) is 3.08. The Kier molecular flexibility index (Phi) is 7.15. The lowest BCUT2D eigenvalue weighted by molar-refractivity contribution is -0.123. The summed E-state index contributed by atoms with van der Waals surface area (Å²) in [6.07, 6.45) is 4.55. The number of piperidine rings is 1. The zero-order valence-electron chi connectivity index (χ0n) is 14.6. The first-order valence-electron chi connectivity index (χ1n) is 9.03. The molecule has 0 radical (unpaired) electrons. The van der Waals surface area contributed by atoms with E-state index >= 15 is 0 Å². The Morgan fingerprint density at radius 1 is 1.20 bits per heavy atom. The van der Waals surface area contributed by atoms with Gasteiger partial charge < -0.3 is 10.6 Å². The molecule has 2 unspecified atom stereocenters. The van der Waals surface area contributed by atoms with Crippen molar-refractivity contribution < 1.29 is 4.79 Å². The van der Waals surface area contributed by atoms with E-state index < -0.39 is 0 Å². The van der Waals surface area contributed by atoms with E-state index in [0.29, 0.717) is 17.4 Å². The number of halogens is 2. The summed E-state index contributed by atoms with van der Waals surface area (Å²) in [5.41, 5.74) is 1.70. The molecule has 1 saturated carbocycles. The molecule has 0 bridgehead atoms. The molecule has 2 saturated heterocycles. The highest BCUT2D eigenvalue weighted by molar-refractivity contribution is 5.85. The van der Waals surface area contributed by atoms with Gasteiger partial charge in [0.05, 0.1) is 0 Å². The number of rotatable bonds is 4. The highest BCUT2D eigenvalue weighted by Gasteiger charge is 2.57. The molecule has 4 rings (SSSR count). The first-order valence-corrected chi connectivity index (χ1v) is 9.03. The number of carbonyl (C=O) groups is 1. The van der Waals surface area contributed by atoms with Gasteiger partial charge in [0.25, 0.3) is 0 Å². The lowest BCUT2D eigenvalue weighted by atomic mass is 9.91. The summed E-state index contributed by atoms with van der Waals surface area (Å²) in [6, 6.07) is 10.9. The van der Waals surface area contributed by atoms with Gasteiger partial charge in [-0.3, -0.25) is 9.69 Å². The molecule has 2 aliphatic heterocycles. The van der Waals surface area contributed by atoms with Gasteiger partial charge in [0, 0.05) is 31.6 Å². The molecule has 1 aromatic rings. The zero-order valence-corrected chi connectivity index (χ0v) is 16.2. The number of hydrogen-bond donors (Lipinski definition) is 2. The predicted molar refractivity (Wildman–Crippen MR) is 105 cm³/mol. The Hall–Kier alpha value is -0.810. The van der Waals surface area contributed by atoms with E-state index in [1.807, 2.05) is 0 Å². The van der Waals surface area contributed by atoms with E-state index in [9.17, 15) is 4.79 Å². The fourth-order valence-electron chi connectivity index (χ4n) is 4.43. The standard InChI is InChI=1S/C19H27N3O.2ClH/c23-18(17-12-19(17)7-9-20-10-8-19)21-16-6-11-22(14-16)13-15-4-2-1-3-5-15;;/h1-5,16-17,20H,6-14H2,(H,21,23);2*1H. The number of amides is 1. The molecular weight excluding hydrogens is 357 g/mol. The molecule has 2 atom stereocenters. The number of carbonyl (C=O) groups excluding carboxylic acids is 1. The van der Waals surface area contributed by atoms with Crippen molar-refractivity contribution in [2.75, 3.05) is 26.2 Å². The summed E-state index contributed by atoms with van der Waals surface area (Å²) in [4.78, 5) is 15.0. The van der Waals surface area contributed by atoms with Gasteiger partial charge in [0.1, 0.15) is 0 Å². The van der Waals surface area contributed by atoms with Crippen molar-refractivity contribution in [3.8, 4) is 0 Å². The van der Waals surface area contributed by atoms with Gasteiger partial charge in [-0.15, -0.1) is 24.8 Å². The maximum Gasteiger partial charge on any atom is 0.223 e. The topological polar surface area (TPSA) is 44.4 Å². The molecule has 0 aromatic heterocycles. The second-order valence-electron chi connectivity index (χ2n) is 7.58. The maximum atomic E-state index is 12.5. The SMILES string of the molecule is Cl.Cl.O=C(NC1CCN(Cc2ccccc2)C1)C1CC12CCNCC2. The predicted octanol–water partition coefficient (Wildman–Crippen LogP) is 2.61. The summed E-state index contributed by atoms with van der Waals surface area (Å²) in [5, 5.41) is 6.73. The third-order valence-electron chi connectivity index (χ3n) is 5.97. The van der Waals surface area contributed by atoms with Crippen LogP contribution in [0.5, 0.6) is 0 Å². The van der Waals surface area contributed by atoms with Crippen molar-refractivity contribution in [2.24, 2.45) is 11.3 Å². The van der Waals surface area contributed by atoms with Crippen LogP contribution in [0.3, 0.4) is 0 Å². The second-order valence-corrected chi connectivity index (χ2v) is 7.58. The van der Waals surface area contributed by atoms with Crippen molar-refractivity contribution in [3.05, 3.63) is 35.9 Å². The summed E-state index contributed by atoms with van der Waals surface area (Å²) in [7, 11) is 0. The molecule has 2 heterocycles. The Balaban J connectivity index is 0.00000113. The second kappa shape index (κ2) is 8.72.